The maximum absolute atomic E-state index is 4.47. The Morgan fingerprint density at radius 1 is 1.36 bits per heavy atom. The Bertz CT molecular complexity index is 294. The molecule has 0 N–H and O–H groups in total. The Morgan fingerprint density at radius 2 is 2.07 bits per heavy atom. The van der Waals surface area contributed by atoms with E-state index >= 15 is 0 Å². The molecule has 1 heterocycles. The molecule has 0 aliphatic carbocycles. The van der Waals surface area contributed by atoms with Gasteiger partial charge in [-0.1, -0.05) is 27.2 Å². The van der Waals surface area contributed by atoms with E-state index in [1.807, 2.05) is 13.1 Å². The van der Waals surface area contributed by atoms with Crippen LogP contribution >= 0.6 is 0 Å². The molecule has 2 heteroatoms. The third-order valence-electron chi connectivity index (χ3n) is 2.67. The van der Waals surface area contributed by atoms with Crippen molar-refractivity contribution in [2.24, 2.45) is 5.92 Å². The molecule has 1 rings (SSSR count). The van der Waals surface area contributed by atoms with Crippen LogP contribution in [0.3, 0.4) is 0 Å². The van der Waals surface area contributed by atoms with Crippen molar-refractivity contribution in [3.05, 3.63) is 23.3 Å². The van der Waals surface area contributed by atoms with Gasteiger partial charge < -0.3 is 0 Å². The predicted octanol–water partition coefficient (Wildman–Crippen LogP) is 2.94. The summed E-state index contributed by atoms with van der Waals surface area (Å²) < 4.78 is 0. The van der Waals surface area contributed by atoms with E-state index in [4.69, 9.17) is 0 Å². The fourth-order valence-corrected chi connectivity index (χ4v) is 1.54. The molecule has 1 aromatic rings. The van der Waals surface area contributed by atoms with Crippen LogP contribution in [0, 0.1) is 12.8 Å². The summed E-state index contributed by atoms with van der Waals surface area (Å²) >= 11 is 0. The maximum atomic E-state index is 4.47. The third-order valence-corrected chi connectivity index (χ3v) is 2.67. The highest BCUT2D eigenvalue weighted by Crippen LogP contribution is 2.14. The Kier molecular flexibility index (Phi) is 4.05. The minimum absolute atomic E-state index is 0.728. The van der Waals surface area contributed by atoms with Crippen LogP contribution in [0.25, 0.3) is 0 Å². The minimum Gasteiger partial charge on any atom is -0.241 e. The molecule has 0 aliphatic heterocycles. The van der Waals surface area contributed by atoms with Crippen LogP contribution in [0.5, 0.6) is 0 Å². The summed E-state index contributed by atoms with van der Waals surface area (Å²) in [6.45, 7) is 8.61. The third kappa shape index (κ3) is 2.79. The molecule has 0 fully saturated rings. The summed E-state index contributed by atoms with van der Waals surface area (Å²) in [4.78, 5) is 8.73. The number of hydrogen-bond acceptors (Lipinski definition) is 2. The van der Waals surface area contributed by atoms with Crippen LogP contribution in [-0.2, 0) is 12.8 Å². The van der Waals surface area contributed by atoms with Crippen LogP contribution in [0.1, 0.15) is 44.3 Å². The second-order valence-electron chi connectivity index (χ2n) is 3.96. The van der Waals surface area contributed by atoms with E-state index in [2.05, 4.69) is 30.7 Å². The lowest BCUT2D eigenvalue weighted by Crippen LogP contribution is -2.05. The first kappa shape index (κ1) is 11.2. The lowest BCUT2D eigenvalue weighted by molar-refractivity contribution is 0.554. The van der Waals surface area contributed by atoms with E-state index in [0.717, 1.165) is 24.6 Å². The zero-order valence-electron chi connectivity index (χ0n) is 9.67. The van der Waals surface area contributed by atoms with Crippen LogP contribution < -0.4 is 0 Å². The first-order chi connectivity index (χ1) is 6.67. The zero-order chi connectivity index (χ0) is 10.6. The summed E-state index contributed by atoms with van der Waals surface area (Å²) in [6.07, 6.45) is 5.33. The zero-order valence-corrected chi connectivity index (χ0v) is 9.67. The van der Waals surface area contributed by atoms with Gasteiger partial charge in [0.25, 0.3) is 0 Å². The van der Waals surface area contributed by atoms with Gasteiger partial charge in [-0.25, -0.2) is 9.97 Å². The molecule has 2 nitrogen and oxygen atoms in total. The van der Waals surface area contributed by atoms with Gasteiger partial charge in [-0.15, -0.1) is 0 Å². The van der Waals surface area contributed by atoms with Gasteiger partial charge in [0, 0.05) is 11.9 Å². The monoisotopic (exact) mass is 192 g/mol. The molecule has 0 unspecified atom stereocenters. The molecule has 0 amide bonds. The van der Waals surface area contributed by atoms with Crippen molar-refractivity contribution in [1.82, 2.24) is 9.97 Å². The van der Waals surface area contributed by atoms with E-state index < -0.39 is 0 Å². The summed E-state index contributed by atoms with van der Waals surface area (Å²) in [5.74, 6) is 1.61. The highest BCUT2D eigenvalue weighted by Gasteiger charge is 2.07. The minimum atomic E-state index is 0.728. The Hall–Kier alpha value is -0.920. The summed E-state index contributed by atoms with van der Waals surface area (Å²) in [7, 11) is 0. The van der Waals surface area contributed by atoms with Crippen LogP contribution in [0.4, 0.5) is 0 Å². The molecule has 1 atom stereocenters. The molecule has 0 aromatic carbocycles. The van der Waals surface area contributed by atoms with Gasteiger partial charge in [0.1, 0.15) is 5.82 Å². The van der Waals surface area contributed by atoms with Crippen molar-refractivity contribution in [3.63, 3.8) is 0 Å². The molecule has 0 bridgehead atoms. The lowest BCUT2D eigenvalue weighted by atomic mass is 9.98. The second kappa shape index (κ2) is 5.08. The van der Waals surface area contributed by atoms with Crippen molar-refractivity contribution in [2.45, 2.75) is 47.0 Å². The average Bonchev–Trinajstić information content (AvgIpc) is 2.20. The quantitative estimate of drug-likeness (QED) is 0.733. The van der Waals surface area contributed by atoms with Gasteiger partial charge in [-0.3, -0.25) is 0 Å². The largest absolute Gasteiger partial charge is 0.241 e. The molecule has 0 saturated carbocycles. The van der Waals surface area contributed by atoms with Gasteiger partial charge in [0.2, 0.25) is 0 Å². The predicted molar refractivity (Wildman–Crippen MR) is 59.3 cm³/mol. The van der Waals surface area contributed by atoms with Crippen LogP contribution in [0.15, 0.2) is 6.20 Å². The fraction of sp³-hybridized carbons (Fsp3) is 0.667. The van der Waals surface area contributed by atoms with E-state index in [0.29, 0.717) is 0 Å². The molecular formula is C12H20N2. The van der Waals surface area contributed by atoms with Gasteiger partial charge in [0.15, 0.2) is 0 Å². The Morgan fingerprint density at radius 3 is 2.64 bits per heavy atom. The number of nitrogens with zero attached hydrogens (tertiary/aromatic N) is 2. The highest BCUT2D eigenvalue weighted by molar-refractivity contribution is 5.18. The molecule has 0 aliphatic rings. The van der Waals surface area contributed by atoms with Gasteiger partial charge in [-0.2, -0.15) is 0 Å². The maximum Gasteiger partial charge on any atom is 0.125 e. The smallest absolute Gasteiger partial charge is 0.125 e. The summed E-state index contributed by atoms with van der Waals surface area (Å²) in [6, 6.07) is 0. The van der Waals surface area contributed by atoms with E-state index in [1.165, 1.54) is 17.7 Å². The molecule has 1 aromatic heterocycles. The van der Waals surface area contributed by atoms with Crippen LogP contribution in [0.2, 0.25) is 0 Å². The molecule has 0 saturated heterocycles. The van der Waals surface area contributed by atoms with Gasteiger partial charge >= 0.3 is 0 Å². The molecule has 78 valence electrons. The standard InChI is InChI=1S/C12H20N2/c1-5-9(3)7-11-8-13-10(4)14-12(11)6-2/h8-9H,5-7H2,1-4H3/t9-/m1/s1. The molecule has 14 heavy (non-hydrogen) atoms. The van der Waals surface area contributed by atoms with Crippen molar-refractivity contribution >= 4 is 0 Å². The van der Waals surface area contributed by atoms with Crippen molar-refractivity contribution in [2.75, 3.05) is 0 Å². The van der Waals surface area contributed by atoms with E-state index in [-0.39, 0.29) is 0 Å². The first-order valence-electron chi connectivity index (χ1n) is 5.48. The van der Waals surface area contributed by atoms with Crippen molar-refractivity contribution < 1.29 is 0 Å². The highest BCUT2D eigenvalue weighted by atomic mass is 14.9. The first-order valence-corrected chi connectivity index (χ1v) is 5.48. The van der Waals surface area contributed by atoms with Crippen molar-refractivity contribution in [3.8, 4) is 0 Å². The number of aromatic nitrogens is 2. The SMILES string of the molecule is CCc1nc(C)ncc1C[C@H](C)CC. The number of aryl methyl sites for hydroxylation is 2. The Labute approximate surface area is 86.8 Å². The van der Waals surface area contributed by atoms with E-state index in [9.17, 15) is 0 Å². The molecular weight excluding hydrogens is 172 g/mol. The van der Waals surface area contributed by atoms with Gasteiger partial charge in [0.05, 0.1) is 0 Å². The average molecular weight is 192 g/mol. The normalized spacial score (nSPS) is 12.9. The Balaban J connectivity index is 2.85. The second-order valence-corrected chi connectivity index (χ2v) is 3.96. The lowest BCUT2D eigenvalue weighted by Gasteiger charge is -2.11. The van der Waals surface area contributed by atoms with Gasteiger partial charge in [-0.05, 0) is 31.2 Å². The van der Waals surface area contributed by atoms with E-state index in [1.54, 1.807) is 0 Å². The number of rotatable bonds is 4. The van der Waals surface area contributed by atoms with Crippen molar-refractivity contribution in [1.29, 1.82) is 0 Å². The summed E-state index contributed by atoms with van der Waals surface area (Å²) in [5, 5.41) is 0. The number of hydrogen-bond donors (Lipinski definition) is 0. The fourth-order valence-electron chi connectivity index (χ4n) is 1.54. The molecule has 0 spiro atoms. The summed E-state index contributed by atoms with van der Waals surface area (Å²) in [5.41, 5.74) is 2.55. The molecule has 0 radical (unpaired) electrons. The van der Waals surface area contributed by atoms with Crippen LogP contribution in [-0.4, -0.2) is 9.97 Å². The topological polar surface area (TPSA) is 25.8 Å².